The Hall–Kier alpha value is -4.04. The van der Waals surface area contributed by atoms with Crippen molar-refractivity contribution in [3.63, 3.8) is 0 Å². The summed E-state index contributed by atoms with van der Waals surface area (Å²) in [6.07, 6.45) is 1.57. The average molecular weight is 502 g/mol. The molecule has 4 rings (SSSR count). The minimum absolute atomic E-state index is 0.0456. The number of carbonyl (C=O) groups excluding carboxylic acids is 2. The number of aromatic nitrogens is 1. The maximum atomic E-state index is 13.4. The van der Waals surface area contributed by atoms with Gasteiger partial charge < -0.3 is 9.67 Å². The number of hydrogen-bond donors (Lipinski definition) is 2. The third-order valence-electron chi connectivity index (χ3n) is 6.24. The first-order chi connectivity index (χ1) is 16.9. The van der Waals surface area contributed by atoms with Gasteiger partial charge in [0, 0.05) is 17.1 Å². The zero-order valence-electron chi connectivity index (χ0n) is 20.7. The number of nitrogens with zero attached hydrogens (tertiary/aromatic N) is 2. The molecular weight excluding hydrogens is 474 g/mol. The molecule has 36 heavy (non-hydrogen) atoms. The molecule has 0 spiro atoms. The van der Waals surface area contributed by atoms with Gasteiger partial charge in [0.1, 0.15) is 5.57 Å². The lowest BCUT2D eigenvalue weighted by Crippen LogP contribution is -2.54. The van der Waals surface area contributed by atoms with E-state index in [-0.39, 0.29) is 21.7 Å². The standard InChI is InChI=1S/C28H27N3O4S/c1-16-14-19(17(2)30(16)21-12-8-20(9-13-21)28(3,4)5)15-23-24(32)29-27(36)31(25(23)33)22-10-6-18(7-11-22)26(34)35/h6-15H,1-5H3,(H,34,35)(H,29,32,36). The number of amides is 2. The van der Waals surface area contributed by atoms with E-state index < -0.39 is 17.8 Å². The summed E-state index contributed by atoms with van der Waals surface area (Å²) < 4.78 is 2.08. The number of aryl methyl sites for hydroxylation is 1. The Labute approximate surface area is 215 Å². The molecular formula is C28H27N3O4S. The summed E-state index contributed by atoms with van der Waals surface area (Å²) in [7, 11) is 0. The molecule has 1 aliphatic heterocycles. The quantitative estimate of drug-likeness (QED) is 0.301. The molecule has 7 nitrogen and oxygen atoms in total. The molecule has 8 heteroatoms. The minimum atomic E-state index is -1.08. The molecule has 2 amide bonds. The van der Waals surface area contributed by atoms with Crippen LogP contribution in [0.15, 0.2) is 60.2 Å². The van der Waals surface area contributed by atoms with Crippen LogP contribution in [0, 0.1) is 13.8 Å². The van der Waals surface area contributed by atoms with E-state index in [1.54, 1.807) is 6.08 Å². The fraction of sp³-hybridized carbons (Fsp3) is 0.214. The van der Waals surface area contributed by atoms with Crippen molar-refractivity contribution in [1.29, 1.82) is 0 Å². The summed E-state index contributed by atoms with van der Waals surface area (Å²) in [5.74, 6) is -2.24. The maximum absolute atomic E-state index is 13.4. The summed E-state index contributed by atoms with van der Waals surface area (Å²) in [5.41, 5.74) is 5.23. The van der Waals surface area contributed by atoms with E-state index in [0.717, 1.165) is 22.6 Å². The summed E-state index contributed by atoms with van der Waals surface area (Å²) in [4.78, 5) is 38.5. The summed E-state index contributed by atoms with van der Waals surface area (Å²) in [6.45, 7) is 10.4. The Morgan fingerprint density at radius 1 is 0.972 bits per heavy atom. The second-order valence-corrected chi connectivity index (χ2v) is 10.2. The highest BCUT2D eigenvalue weighted by molar-refractivity contribution is 7.80. The number of rotatable bonds is 4. The number of carbonyl (C=O) groups is 3. The van der Waals surface area contributed by atoms with Crippen molar-refractivity contribution in [2.75, 3.05) is 4.90 Å². The first kappa shape index (κ1) is 25.1. The van der Waals surface area contributed by atoms with Crippen molar-refractivity contribution in [2.24, 2.45) is 0 Å². The molecule has 3 aromatic rings. The largest absolute Gasteiger partial charge is 0.478 e. The van der Waals surface area contributed by atoms with E-state index in [1.165, 1.54) is 34.7 Å². The second-order valence-electron chi connectivity index (χ2n) is 9.77. The second kappa shape index (κ2) is 9.20. The van der Waals surface area contributed by atoms with Crippen LogP contribution in [0.5, 0.6) is 0 Å². The molecule has 0 aliphatic carbocycles. The molecule has 1 aromatic heterocycles. The van der Waals surface area contributed by atoms with Crippen molar-refractivity contribution >= 4 is 46.9 Å². The number of anilines is 1. The third-order valence-corrected chi connectivity index (χ3v) is 6.52. The van der Waals surface area contributed by atoms with Crippen molar-refractivity contribution in [1.82, 2.24) is 9.88 Å². The van der Waals surface area contributed by atoms with Crippen LogP contribution in [0.4, 0.5) is 5.69 Å². The molecule has 1 fully saturated rings. The maximum Gasteiger partial charge on any atom is 0.335 e. The van der Waals surface area contributed by atoms with Crippen LogP contribution >= 0.6 is 12.2 Å². The van der Waals surface area contributed by atoms with Crippen LogP contribution < -0.4 is 10.2 Å². The van der Waals surface area contributed by atoms with E-state index >= 15 is 0 Å². The van der Waals surface area contributed by atoms with Gasteiger partial charge in [0.2, 0.25) is 0 Å². The summed E-state index contributed by atoms with van der Waals surface area (Å²) in [6, 6.07) is 16.0. The molecule has 0 unspecified atom stereocenters. The van der Waals surface area contributed by atoms with E-state index in [0.29, 0.717) is 5.69 Å². The van der Waals surface area contributed by atoms with Crippen molar-refractivity contribution in [2.45, 2.75) is 40.0 Å². The molecule has 0 saturated carbocycles. The average Bonchev–Trinajstić information content (AvgIpc) is 3.09. The lowest BCUT2D eigenvalue weighted by Gasteiger charge is -2.29. The van der Waals surface area contributed by atoms with Gasteiger partial charge in [0.25, 0.3) is 11.8 Å². The van der Waals surface area contributed by atoms with Crippen molar-refractivity contribution < 1.29 is 19.5 Å². The van der Waals surface area contributed by atoms with Gasteiger partial charge in [-0.25, -0.2) is 4.79 Å². The van der Waals surface area contributed by atoms with Crippen LogP contribution in [-0.4, -0.2) is 32.6 Å². The number of nitrogens with one attached hydrogen (secondary N) is 1. The third kappa shape index (κ3) is 4.59. The van der Waals surface area contributed by atoms with Gasteiger partial charge >= 0.3 is 5.97 Å². The van der Waals surface area contributed by atoms with E-state index in [4.69, 9.17) is 17.3 Å². The van der Waals surface area contributed by atoms with Crippen LogP contribution in [0.1, 0.15) is 53.6 Å². The molecule has 0 atom stereocenters. The summed E-state index contributed by atoms with van der Waals surface area (Å²) in [5, 5.41) is 11.6. The van der Waals surface area contributed by atoms with E-state index in [1.807, 2.05) is 19.9 Å². The Morgan fingerprint density at radius 3 is 2.11 bits per heavy atom. The molecule has 0 radical (unpaired) electrons. The van der Waals surface area contributed by atoms with Crippen LogP contribution in [-0.2, 0) is 15.0 Å². The fourth-order valence-electron chi connectivity index (χ4n) is 4.24. The van der Waals surface area contributed by atoms with Gasteiger partial charge in [-0.2, -0.15) is 0 Å². The predicted molar refractivity (Wildman–Crippen MR) is 144 cm³/mol. The van der Waals surface area contributed by atoms with Gasteiger partial charge in [-0.05, 0) is 91.1 Å². The monoisotopic (exact) mass is 501 g/mol. The first-order valence-electron chi connectivity index (χ1n) is 11.4. The number of hydrogen-bond acceptors (Lipinski definition) is 4. The highest BCUT2D eigenvalue weighted by Crippen LogP contribution is 2.28. The molecule has 184 valence electrons. The Balaban J connectivity index is 1.71. The van der Waals surface area contributed by atoms with Gasteiger partial charge in [-0.3, -0.25) is 19.8 Å². The Bertz CT molecular complexity index is 1430. The van der Waals surface area contributed by atoms with Gasteiger partial charge in [-0.15, -0.1) is 0 Å². The lowest BCUT2D eigenvalue weighted by atomic mass is 9.87. The molecule has 0 bridgehead atoms. The molecule has 1 aliphatic rings. The highest BCUT2D eigenvalue weighted by atomic mass is 32.1. The van der Waals surface area contributed by atoms with Gasteiger partial charge in [-0.1, -0.05) is 32.9 Å². The van der Waals surface area contributed by atoms with Crippen LogP contribution in [0.25, 0.3) is 11.8 Å². The molecule has 2 aromatic carbocycles. The lowest BCUT2D eigenvalue weighted by molar-refractivity contribution is -0.122. The zero-order valence-corrected chi connectivity index (χ0v) is 21.6. The topological polar surface area (TPSA) is 91.6 Å². The molecule has 2 N–H and O–H groups in total. The van der Waals surface area contributed by atoms with Gasteiger partial charge in [0.05, 0.1) is 11.3 Å². The molecule has 2 heterocycles. The van der Waals surface area contributed by atoms with Gasteiger partial charge in [0.15, 0.2) is 5.11 Å². The Kier molecular flexibility index (Phi) is 6.41. The minimum Gasteiger partial charge on any atom is -0.478 e. The van der Waals surface area contributed by atoms with Crippen LogP contribution in [0.2, 0.25) is 0 Å². The zero-order chi connectivity index (χ0) is 26.4. The normalized spacial score (nSPS) is 15.4. The smallest absolute Gasteiger partial charge is 0.335 e. The predicted octanol–water partition coefficient (Wildman–Crippen LogP) is 4.92. The number of benzene rings is 2. The molecule has 1 saturated heterocycles. The number of carboxylic acid groups (broad SMARTS) is 1. The SMILES string of the molecule is Cc1cc(C=C2C(=O)NC(=S)N(c3ccc(C(=O)O)cc3)C2=O)c(C)n1-c1ccc(C(C)(C)C)cc1. The van der Waals surface area contributed by atoms with Crippen molar-refractivity contribution in [3.05, 3.63) is 88.2 Å². The number of aromatic carboxylic acids is 1. The van der Waals surface area contributed by atoms with E-state index in [9.17, 15) is 14.4 Å². The number of carboxylic acids is 1. The van der Waals surface area contributed by atoms with Crippen molar-refractivity contribution in [3.8, 4) is 5.69 Å². The fourth-order valence-corrected chi connectivity index (χ4v) is 4.52. The van der Waals surface area contributed by atoms with Crippen LogP contribution in [0.3, 0.4) is 0 Å². The highest BCUT2D eigenvalue weighted by Gasteiger charge is 2.34. The van der Waals surface area contributed by atoms with E-state index in [2.05, 4.69) is 54.9 Å². The summed E-state index contributed by atoms with van der Waals surface area (Å²) >= 11 is 5.24. The first-order valence-corrected chi connectivity index (χ1v) is 11.8. The Morgan fingerprint density at radius 2 is 1.56 bits per heavy atom. The number of thiocarbonyl (C=S) groups is 1.